The van der Waals surface area contributed by atoms with Crippen molar-refractivity contribution in [2.24, 2.45) is 0 Å². The van der Waals surface area contributed by atoms with E-state index in [0.717, 1.165) is 12.0 Å². The first-order chi connectivity index (χ1) is 8.01. The molecule has 1 aromatic rings. The second-order valence-corrected chi connectivity index (χ2v) is 4.05. The zero-order chi connectivity index (χ0) is 12.7. The van der Waals surface area contributed by atoms with Crippen molar-refractivity contribution in [3.63, 3.8) is 0 Å². The summed E-state index contributed by atoms with van der Waals surface area (Å²) in [7, 11) is 1.78. The molecule has 1 heterocycles. The van der Waals surface area contributed by atoms with E-state index >= 15 is 0 Å². The lowest BCUT2D eigenvalue weighted by Gasteiger charge is -2.16. The third kappa shape index (κ3) is 6.26. The van der Waals surface area contributed by atoms with Gasteiger partial charge in [0.25, 0.3) is 0 Å². The molecule has 0 aliphatic rings. The average Bonchev–Trinajstić information content (AvgIpc) is 2.27. The van der Waals surface area contributed by atoms with E-state index in [1.54, 1.807) is 19.4 Å². The number of nitrogens with one attached hydrogen (secondary N) is 1. The highest BCUT2D eigenvalue weighted by molar-refractivity contribution is 5.11. The van der Waals surface area contributed by atoms with Crippen molar-refractivity contribution < 1.29 is 13.2 Å². The number of rotatable bonds is 6. The lowest BCUT2D eigenvalue weighted by Crippen LogP contribution is -2.28. The number of likely N-dealkylation sites (N-methyl/N-ethyl adjacent to an activating group) is 1. The molecule has 0 aromatic carbocycles. The summed E-state index contributed by atoms with van der Waals surface area (Å²) in [6.45, 7) is 0. The molecule has 0 aliphatic carbocycles. The van der Waals surface area contributed by atoms with E-state index in [-0.39, 0.29) is 12.5 Å². The van der Waals surface area contributed by atoms with Crippen LogP contribution in [0.2, 0.25) is 0 Å². The molecule has 17 heavy (non-hydrogen) atoms. The van der Waals surface area contributed by atoms with E-state index in [0.29, 0.717) is 6.42 Å². The summed E-state index contributed by atoms with van der Waals surface area (Å²) in [4.78, 5) is 3.90. The van der Waals surface area contributed by atoms with Crippen LogP contribution in [0, 0.1) is 0 Å². The molecule has 1 atom stereocenters. The van der Waals surface area contributed by atoms with Crippen LogP contribution in [-0.4, -0.2) is 24.2 Å². The van der Waals surface area contributed by atoms with E-state index in [1.165, 1.54) is 0 Å². The van der Waals surface area contributed by atoms with Gasteiger partial charge in [0.1, 0.15) is 0 Å². The largest absolute Gasteiger partial charge is 0.389 e. The minimum Gasteiger partial charge on any atom is -0.317 e. The molecular formula is C12H17F3N2. The smallest absolute Gasteiger partial charge is 0.317 e. The molecule has 0 saturated carbocycles. The molecule has 0 bridgehead atoms. The molecule has 0 fully saturated rings. The Hall–Kier alpha value is -1.10. The Kier molecular flexibility index (Phi) is 5.41. The lowest BCUT2D eigenvalue weighted by atomic mass is 10.0. The Morgan fingerprint density at radius 1 is 1.29 bits per heavy atom. The molecular weight excluding hydrogens is 229 g/mol. The number of hydrogen-bond donors (Lipinski definition) is 1. The molecule has 1 N–H and O–H groups in total. The minimum absolute atomic E-state index is 0.0831. The maximum absolute atomic E-state index is 12.0. The van der Waals surface area contributed by atoms with Crippen LogP contribution >= 0.6 is 0 Å². The molecule has 5 heteroatoms. The molecule has 0 radical (unpaired) electrons. The van der Waals surface area contributed by atoms with E-state index in [4.69, 9.17) is 0 Å². The Morgan fingerprint density at radius 2 is 1.94 bits per heavy atom. The number of aromatic nitrogens is 1. The molecule has 1 aromatic heterocycles. The summed E-state index contributed by atoms with van der Waals surface area (Å²) in [5.74, 6) is 0. The van der Waals surface area contributed by atoms with Crippen molar-refractivity contribution in [1.82, 2.24) is 10.3 Å². The number of nitrogens with zero attached hydrogens (tertiary/aromatic N) is 1. The Bertz CT molecular complexity index is 311. The first-order valence-corrected chi connectivity index (χ1v) is 5.64. The predicted octanol–water partition coefficient (Wildman–Crippen LogP) is 2.94. The lowest BCUT2D eigenvalue weighted by molar-refractivity contribution is -0.135. The maximum Gasteiger partial charge on any atom is 0.389 e. The summed E-state index contributed by atoms with van der Waals surface area (Å²) in [5.41, 5.74) is 1.09. The third-order valence-corrected chi connectivity index (χ3v) is 2.65. The summed E-state index contributed by atoms with van der Waals surface area (Å²) >= 11 is 0. The van der Waals surface area contributed by atoms with Gasteiger partial charge in [0.15, 0.2) is 0 Å². The van der Waals surface area contributed by atoms with Crippen molar-refractivity contribution in [3.05, 3.63) is 30.1 Å². The molecule has 0 spiro atoms. The highest BCUT2D eigenvalue weighted by atomic mass is 19.4. The molecule has 96 valence electrons. The van der Waals surface area contributed by atoms with Crippen LogP contribution in [0.4, 0.5) is 13.2 Å². The van der Waals surface area contributed by atoms with Gasteiger partial charge in [-0.05, 0) is 44.0 Å². The molecule has 0 aliphatic heterocycles. The van der Waals surface area contributed by atoms with Crippen molar-refractivity contribution in [3.8, 4) is 0 Å². The number of alkyl halides is 3. The molecule has 1 rings (SSSR count). The van der Waals surface area contributed by atoms with Gasteiger partial charge in [0.05, 0.1) is 0 Å². The van der Waals surface area contributed by atoms with Gasteiger partial charge in [0.2, 0.25) is 0 Å². The van der Waals surface area contributed by atoms with Gasteiger partial charge in [0, 0.05) is 24.9 Å². The SMILES string of the molecule is CNC(CCCC(F)(F)F)Cc1ccncc1. The van der Waals surface area contributed by atoms with E-state index in [1.807, 2.05) is 12.1 Å². The quantitative estimate of drug-likeness (QED) is 0.834. The Labute approximate surface area is 99.3 Å². The highest BCUT2D eigenvalue weighted by Crippen LogP contribution is 2.23. The van der Waals surface area contributed by atoms with Crippen molar-refractivity contribution >= 4 is 0 Å². The fourth-order valence-corrected chi connectivity index (χ4v) is 1.70. The van der Waals surface area contributed by atoms with Crippen LogP contribution in [0.5, 0.6) is 0 Å². The topological polar surface area (TPSA) is 24.9 Å². The zero-order valence-electron chi connectivity index (χ0n) is 9.80. The first kappa shape index (κ1) is 14.0. The van der Waals surface area contributed by atoms with Crippen molar-refractivity contribution in [2.75, 3.05) is 7.05 Å². The van der Waals surface area contributed by atoms with Crippen molar-refractivity contribution in [1.29, 1.82) is 0 Å². The average molecular weight is 246 g/mol. The number of pyridine rings is 1. The van der Waals surface area contributed by atoms with Crippen LogP contribution in [0.1, 0.15) is 24.8 Å². The highest BCUT2D eigenvalue weighted by Gasteiger charge is 2.26. The van der Waals surface area contributed by atoms with Crippen LogP contribution in [0.25, 0.3) is 0 Å². The molecule has 2 nitrogen and oxygen atoms in total. The van der Waals surface area contributed by atoms with Crippen molar-refractivity contribution in [2.45, 2.75) is 37.9 Å². The predicted molar refractivity (Wildman–Crippen MR) is 60.7 cm³/mol. The van der Waals surface area contributed by atoms with Crippen LogP contribution in [-0.2, 0) is 6.42 Å². The first-order valence-electron chi connectivity index (χ1n) is 5.64. The van der Waals surface area contributed by atoms with Gasteiger partial charge in [-0.25, -0.2) is 0 Å². The maximum atomic E-state index is 12.0. The fraction of sp³-hybridized carbons (Fsp3) is 0.583. The molecule has 1 unspecified atom stereocenters. The van der Waals surface area contributed by atoms with Gasteiger partial charge >= 0.3 is 6.18 Å². The van der Waals surface area contributed by atoms with E-state index in [2.05, 4.69) is 10.3 Å². The van der Waals surface area contributed by atoms with Gasteiger partial charge < -0.3 is 5.32 Å². The monoisotopic (exact) mass is 246 g/mol. The normalized spacial score (nSPS) is 13.6. The minimum atomic E-state index is -4.05. The van der Waals surface area contributed by atoms with Gasteiger partial charge in [-0.1, -0.05) is 0 Å². The van der Waals surface area contributed by atoms with Crippen LogP contribution in [0.3, 0.4) is 0 Å². The Balaban J connectivity index is 2.34. The van der Waals surface area contributed by atoms with E-state index in [9.17, 15) is 13.2 Å². The fourth-order valence-electron chi connectivity index (χ4n) is 1.70. The zero-order valence-corrected chi connectivity index (χ0v) is 9.80. The summed E-state index contributed by atoms with van der Waals surface area (Å²) in [5, 5.41) is 3.05. The molecule has 0 saturated heterocycles. The summed E-state index contributed by atoms with van der Waals surface area (Å²) in [6.07, 6.45) is 0.0569. The third-order valence-electron chi connectivity index (χ3n) is 2.65. The van der Waals surface area contributed by atoms with Gasteiger partial charge in [-0.3, -0.25) is 4.98 Å². The summed E-state index contributed by atoms with van der Waals surface area (Å²) in [6, 6.07) is 3.85. The standard InChI is InChI=1S/C12H17F3N2/c1-16-11(3-2-6-12(13,14)15)9-10-4-7-17-8-5-10/h4-5,7-8,11,16H,2-3,6,9H2,1H3. The number of hydrogen-bond acceptors (Lipinski definition) is 2. The second-order valence-electron chi connectivity index (χ2n) is 4.05. The summed E-state index contributed by atoms with van der Waals surface area (Å²) < 4.78 is 36.0. The van der Waals surface area contributed by atoms with Crippen LogP contribution in [0.15, 0.2) is 24.5 Å². The van der Waals surface area contributed by atoms with Crippen LogP contribution < -0.4 is 5.32 Å². The second kappa shape index (κ2) is 6.59. The number of halogens is 3. The Morgan fingerprint density at radius 3 is 2.47 bits per heavy atom. The van der Waals surface area contributed by atoms with Gasteiger partial charge in [-0.15, -0.1) is 0 Å². The molecule has 0 amide bonds. The van der Waals surface area contributed by atoms with E-state index < -0.39 is 12.6 Å². The van der Waals surface area contributed by atoms with Gasteiger partial charge in [-0.2, -0.15) is 13.2 Å².